The van der Waals surface area contributed by atoms with Crippen LogP contribution in [0, 0.1) is 13.8 Å². The number of hydrogen-bond donors (Lipinski definition) is 0. The summed E-state index contributed by atoms with van der Waals surface area (Å²) in [5, 5.41) is 9.58. The fraction of sp³-hybridized carbons (Fsp3) is 0.154. The third-order valence-electron chi connectivity index (χ3n) is 5.27. The Kier molecular flexibility index (Phi) is 5.77. The number of benzene rings is 3. The molecule has 0 amide bonds. The summed E-state index contributed by atoms with van der Waals surface area (Å²) < 4.78 is 1.97. The largest absolute Gasteiger partial charge is 0.253 e. The van der Waals surface area contributed by atoms with E-state index >= 15 is 0 Å². The molecule has 0 fully saturated rings. The van der Waals surface area contributed by atoms with Crippen LogP contribution in [-0.2, 0) is 0 Å². The van der Waals surface area contributed by atoms with Crippen molar-refractivity contribution in [3.63, 3.8) is 0 Å². The van der Waals surface area contributed by atoms with Gasteiger partial charge < -0.3 is 0 Å². The monoisotopic (exact) mass is 411 g/mol. The molecule has 0 N–H and O–H groups in total. The van der Waals surface area contributed by atoms with Crippen molar-refractivity contribution in [1.82, 2.24) is 4.68 Å². The summed E-state index contributed by atoms with van der Waals surface area (Å²) in [6.07, 6.45) is 1.81. The summed E-state index contributed by atoms with van der Waals surface area (Å²) >= 11 is 1.60. The molecule has 1 heterocycles. The Balaban J connectivity index is 1.91. The molecule has 0 bridgehead atoms. The van der Waals surface area contributed by atoms with Gasteiger partial charge in [0.2, 0.25) is 4.80 Å². The average Bonchev–Trinajstić information content (AvgIpc) is 3.16. The number of aromatic nitrogens is 1. The molecule has 0 aliphatic heterocycles. The maximum Gasteiger partial charge on any atom is 0.206 e. The van der Waals surface area contributed by atoms with Gasteiger partial charge in [0.05, 0.1) is 18.0 Å². The van der Waals surface area contributed by atoms with Crippen LogP contribution in [0.25, 0.3) is 22.0 Å². The van der Waals surface area contributed by atoms with Gasteiger partial charge >= 0.3 is 0 Å². The van der Waals surface area contributed by atoms with Crippen molar-refractivity contribution < 1.29 is 0 Å². The third-order valence-corrected chi connectivity index (χ3v) is 6.13. The molecule has 0 saturated heterocycles. The van der Waals surface area contributed by atoms with Crippen molar-refractivity contribution in [3.05, 3.63) is 100 Å². The fourth-order valence-corrected chi connectivity index (χ4v) is 4.33. The van der Waals surface area contributed by atoms with Crippen LogP contribution in [0.2, 0.25) is 0 Å². The summed E-state index contributed by atoms with van der Waals surface area (Å²) in [7, 11) is 0. The number of hydrogen-bond acceptors (Lipinski definition) is 3. The van der Waals surface area contributed by atoms with Crippen LogP contribution in [0.4, 0.5) is 0 Å². The summed E-state index contributed by atoms with van der Waals surface area (Å²) in [6.45, 7) is 10.7. The molecule has 3 nitrogen and oxygen atoms in total. The van der Waals surface area contributed by atoms with Crippen molar-refractivity contribution in [2.24, 2.45) is 10.1 Å². The minimum atomic E-state index is 0.565. The number of nitrogens with zero attached hydrogens (tertiary/aromatic N) is 3. The van der Waals surface area contributed by atoms with E-state index in [9.17, 15) is 0 Å². The molecule has 3 aromatic carbocycles. The minimum Gasteiger partial charge on any atom is -0.253 e. The smallest absolute Gasteiger partial charge is 0.206 e. The summed E-state index contributed by atoms with van der Waals surface area (Å²) in [4.78, 5) is 5.54. The highest BCUT2D eigenvalue weighted by Gasteiger charge is 2.11. The lowest BCUT2D eigenvalue weighted by molar-refractivity contribution is 0.834. The zero-order valence-corrected chi connectivity index (χ0v) is 18.4. The molecule has 0 radical (unpaired) electrons. The van der Waals surface area contributed by atoms with Gasteiger partial charge in [0.25, 0.3) is 0 Å². The molecule has 0 atom stereocenters. The lowest BCUT2D eigenvalue weighted by Crippen LogP contribution is -2.14. The van der Waals surface area contributed by atoms with Crippen molar-refractivity contribution in [3.8, 4) is 11.3 Å². The third kappa shape index (κ3) is 3.91. The van der Waals surface area contributed by atoms with Crippen molar-refractivity contribution >= 4 is 27.8 Å². The Morgan fingerprint density at radius 1 is 1.03 bits per heavy atom. The van der Waals surface area contributed by atoms with E-state index < -0.39 is 0 Å². The fourth-order valence-electron chi connectivity index (χ4n) is 3.49. The summed E-state index contributed by atoms with van der Waals surface area (Å²) in [5.74, 6) is 0. The predicted octanol–water partition coefficient (Wildman–Crippen LogP) is 6.35. The Morgan fingerprint density at radius 3 is 2.63 bits per heavy atom. The van der Waals surface area contributed by atoms with Gasteiger partial charge in [0.1, 0.15) is 0 Å². The molecule has 1 aromatic heterocycles. The Hall–Kier alpha value is -3.24. The van der Waals surface area contributed by atoms with Gasteiger partial charge in [0, 0.05) is 16.5 Å². The standard InChI is InChI=1S/C26H25N3S/c1-5-15-27-26-29(25(17-30-26)22-14-13-18(2)19(3)16-22)28-20(4)23-12-8-10-21-9-6-7-11-24(21)23/h5-14,16-17H,1,15H2,2-4H3/b27-26?,28-20-. The highest BCUT2D eigenvalue weighted by molar-refractivity contribution is 7.07. The number of rotatable bonds is 5. The highest BCUT2D eigenvalue weighted by atomic mass is 32.1. The predicted molar refractivity (Wildman–Crippen MR) is 129 cm³/mol. The van der Waals surface area contributed by atoms with Gasteiger partial charge in [-0.2, -0.15) is 5.10 Å². The van der Waals surface area contributed by atoms with Crippen LogP contribution in [-0.4, -0.2) is 16.9 Å². The topological polar surface area (TPSA) is 29.6 Å². The molecule has 4 heteroatoms. The molecular weight excluding hydrogens is 386 g/mol. The lowest BCUT2D eigenvalue weighted by Gasteiger charge is -2.10. The van der Waals surface area contributed by atoms with Gasteiger partial charge in [-0.05, 0) is 48.7 Å². The number of fused-ring (bicyclic) bond motifs is 1. The first-order valence-electron chi connectivity index (χ1n) is 10.0. The van der Waals surface area contributed by atoms with E-state index in [0.29, 0.717) is 6.54 Å². The van der Waals surface area contributed by atoms with Crippen molar-refractivity contribution in [2.45, 2.75) is 20.8 Å². The summed E-state index contributed by atoms with van der Waals surface area (Å²) in [6, 6.07) is 21.3. The van der Waals surface area contributed by atoms with Gasteiger partial charge in [0.15, 0.2) is 0 Å². The minimum absolute atomic E-state index is 0.565. The van der Waals surface area contributed by atoms with E-state index in [4.69, 9.17) is 5.10 Å². The SMILES string of the molecule is C=CCN=c1scc(-c2ccc(C)c(C)c2)n1/N=C(/C)c1cccc2ccccc12. The average molecular weight is 412 g/mol. The van der Waals surface area contributed by atoms with Crippen LogP contribution in [0.3, 0.4) is 0 Å². The van der Waals surface area contributed by atoms with Crippen molar-refractivity contribution in [1.29, 1.82) is 0 Å². The van der Waals surface area contributed by atoms with Crippen LogP contribution in [0.15, 0.2) is 88.8 Å². The van der Waals surface area contributed by atoms with Crippen molar-refractivity contribution in [2.75, 3.05) is 6.54 Å². The molecular formula is C26H25N3S. The zero-order chi connectivity index (χ0) is 21.1. The Labute approximate surface area is 181 Å². The highest BCUT2D eigenvalue weighted by Crippen LogP contribution is 2.24. The first-order valence-corrected chi connectivity index (χ1v) is 10.9. The molecule has 150 valence electrons. The normalized spacial score (nSPS) is 12.5. The van der Waals surface area contributed by atoms with E-state index in [2.05, 4.69) is 98.4 Å². The Morgan fingerprint density at radius 2 is 1.83 bits per heavy atom. The van der Waals surface area contributed by atoms with Crippen LogP contribution >= 0.6 is 11.3 Å². The maximum atomic E-state index is 5.04. The van der Waals surface area contributed by atoms with E-state index in [0.717, 1.165) is 27.3 Å². The first kappa shape index (κ1) is 20.0. The second-order valence-electron chi connectivity index (χ2n) is 7.36. The van der Waals surface area contributed by atoms with E-state index in [-0.39, 0.29) is 0 Å². The molecule has 0 saturated carbocycles. The quantitative estimate of drug-likeness (QED) is 0.271. The summed E-state index contributed by atoms with van der Waals surface area (Å²) in [5.41, 5.74) is 6.83. The molecule has 0 aliphatic carbocycles. The molecule has 30 heavy (non-hydrogen) atoms. The van der Waals surface area contributed by atoms with Gasteiger partial charge in [-0.15, -0.1) is 17.9 Å². The molecule has 0 aliphatic rings. The van der Waals surface area contributed by atoms with Crippen LogP contribution in [0.1, 0.15) is 23.6 Å². The van der Waals surface area contributed by atoms with Crippen LogP contribution in [0.5, 0.6) is 0 Å². The van der Waals surface area contributed by atoms with Crippen LogP contribution < -0.4 is 4.80 Å². The second-order valence-corrected chi connectivity index (χ2v) is 8.19. The molecule has 0 spiro atoms. The van der Waals surface area contributed by atoms with Gasteiger partial charge in [-0.25, -0.2) is 4.68 Å². The first-order chi connectivity index (χ1) is 14.6. The van der Waals surface area contributed by atoms with E-state index in [1.165, 1.54) is 21.9 Å². The molecule has 0 unspecified atom stereocenters. The lowest BCUT2D eigenvalue weighted by atomic mass is 10.0. The molecule has 4 aromatic rings. The van der Waals surface area contributed by atoms with Gasteiger partial charge in [-0.3, -0.25) is 4.99 Å². The van der Waals surface area contributed by atoms with E-state index in [1.54, 1.807) is 17.4 Å². The number of thiazole rings is 1. The molecule has 4 rings (SSSR count). The van der Waals surface area contributed by atoms with E-state index in [1.807, 2.05) is 4.68 Å². The van der Waals surface area contributed by atoms with Gasteiger partial charge in [-0.1, -0.05) is 60.7 Å². The number of aryl methyl sites for hydroxylation is 2. The zero-order valence-electron chi connectivity index (χ0n) is 17.6. The maximum absolute atomic E-state index is 5.04. The Bertz CT molecular complexity index is 1320. The second kappa shape index (κ2) is 8.64.